The molecule has 0 aliphatic heterocycles. The first-order chi connectivity index (χ1) is 4.76. The molecule has 0 amide bonds. The Morgan fingerprint density at radius 2 is 2.10 bits per heavy atom. The molecule has 0 saturated carbocycles. The lowest BCUT2D eigenvalue weighted by molar-refractivity contribution is -0.139. The highest BCUT2D eigenvalue weighted by Crippen LogP contribution is 1.97. The van der Waals surface area contributed by atoms with Crippen LogP contribution in [0.25, 0.3) is 0 Å². The Balaban J connectivity index is 4.23. The summed E-state index contributed by atoms with van der Waals surface area (Å²) in [6.45, 7) is 3.56. The third kappa shape index (κ3) is 2.46. The molecule has 0 aromatic rings. The maximum absolute atomic E-state index is 10.7. The predicted molar refractivity (Wildman–Crippen MR) is 38.9 cm³/mol. The highest BCUT2D eigenvalue weighted by molar-refractivity contribution is 5.91. The predicted octanol–water partition coefficient (Wildman–Crippen LogP) is 0.926. The molecule has 0 radical (unpaired) electrons. The highest BCUT2D eigenvalue weighted by atomic mass is 16.7. The molecular formula is C7H11NO2. The Morgan fingerprint density at radius 1 is 1.50 bits per heavy atom. The van der Waals surface area contributed by atoms with Gasteiger partial charge in [0.25, 0.3) is 0 Å². The van der Waals surface area contributed by atoms with Crippen molar-refractivity contribution < 1.29 is 9.63 Å². The van der Waals surface area contributed by atoms with Gasteiger partial charge in [-0.1, -0.05) is 18.2 Å². The zero-order chi connectivity index (χ0) is 7.98. The number of nitrogens with two attached hydrogens (primary N) is 1. The molecule has 0 aromatic carbocycles. The molecule has 0 aliphatic rings. The van der Waals surface area contributed by atoms with Gasteiger partial charge in [0, 0.05) is 0 Å². The molecule has 0 fully saturated rings. The van der Waals surface area contributed by atoms with Crippen molar-refractivity contribution in [3.05, 3.63) is 23.8 Å². The molecule has 3 nitrogen and oxygen atoms in total. The van der Waals surface area contributed by atoms with Gasteiger partial charge < -0.3 is 4.84 Å². The molecule has 0 aromatic heterocycles. The summed E-state index contributed by atoms with van der Waals surface area (Å²) in [7, 11) is 0. The van der Waals surface area contributed by atoms with Gasteiger partial charge in [0.2, 0.25) is 0 Å². The van der Waals surface area contributed by atoms with E-state index in [-0.39, 0.29) is 0 Å². The first-order valence-electron chi connectivity index (χ1n) is 2.96. The Bertz CT molecular complexity index is 170. The van der Waals surface area contributed by atoms with E-state index in [1.54, 1.807) is 25.2 Å². The standard InChI is InChI=1S/C7H11NO2/c1-3-5-6(4-2)7(9)10-8/h3-5H,8H2,1-2H3/b5-3-,6-4+. The molecular weight excluding hydrogens is 130 g/mol. The fourth-order valence-corrected chi connectivity index (χ4v) is 0.530. The molecule has 0 unspecified atom stereocenters. The Labute approximate surface area is 60.1 Å². The Morgan fingerprint density at radius 3 is 2.40 bits per heavy atom. The summed E-state index contributed by atoms with van der Waals surface area (Å²) in [5.41, 5.74) is 0.463. The summed E-state index contributed by atoms with van der Waals surface area (Å²) in [5, 5.41) is 0. The second kappa shape index (κ2) is 4.76. The minimum atomic E-state index is -0.513. The Hall–Kier alpha value is -1.09. The van der Waals surface area contributed by atoms with E-state index in [1.165, 1.54) is 0 Å². The molecule has 10 heavy (non-hydrogen) atoms. The van der Waals surface area contributed by atoms with E-state index >= 15 is 0 Å². The van der Waals surface area contributed by atoms with Gasteiger partial charge in [-0.3, -0.25) is 0 Å². The van der Waals surface area contributed by atoms with Gasteiger partial charge >= 0.3 is 5.97 Å². The number of carbonyl (C=O) groups excluding carboxylic acids is 1. The highest BCUT2D eigenvalue weighted by Gasteiger charge is 2.02. The molecule has 0 atom stereocenters. The minimum Gasteiger partial charge on any atom is -0.370 e. The third-order valence-electron chi connectivity index (χ3n) is 1.000. The molecule has 0 bridgehead atoms. The fourth-order valence-electron chi connectivity index (χ4n) is 0.530. The maximum Gasteiger partial charge on any atom is 0.356 e. The summed E-state index contributed by atoms with van der Waals surface area (Å²) in [6, 6.07) is 0. The van der Waals surface area contributed by atoms with Crippen molar-refractivity contribution in [3.63, 3.8) is 0 Å². The zero-order valence-electron chi connectivity index (χ0n) is 6.13. The number of rotatable bonds is 2. The normalized spacial score (nSPS) is 12.1. The first kappa shape index (κ1) is 8.91. The maximum atomic E-state index is 10.7. The molecule has 0 aliphatic carbocycles. The molecule has 0 saturated heterocycles. The van der Waals surface area contributed by atoms with Crippen LogP contribution in [0, 0.1) is 0 Å². The van der Waals surface area contributed by atoms with Crippen molar-refractivity contribution in [1.82, 2.24) is 0 Å². The summed E-state index contributed by atoms with van der Waals surface area (Å²) < 4.78 is 0. The molecule has 56 valence electrons. The molecule has 2 N–H and O–H groups in total. The van der Waals surface area contributed by atoms with Gasteiger partial charge in [-0.05, 0) is 13.8 Å². The van der Waals surface area contributed by atoms with Crippen LogP contribution in [0.1, 0.15) is 13.8 Å². The topological polar surface area (TPSA) is 52.3 Å². The lowest BCUT2D eigenvalue weighted by Crippen LogP contribution is -2.10. The van der Waals surface area contributed by atoms with Gasteiger partial charge in [0.15, 0.2) is 0 Å². The second-order valence-corrected chi connectivity index (χ2v) is 1.65. The van der Waals surface area contributed by atoms with Gasteiger partial charge in [0.1, 0.15) is 0 Å². The average molecular weight is 141 g/mol. The number of hydrogen-bond donors (Lipinski definition) is 1. The first-order valence-corrected chi connectivity index (χ1v) is 2.96. The van der Waals surface area contributed by atoms with Crippen LogP contribution in [0.5, 0.6) is 0 Å². The van der Waals surface area contributed by atoms with Gasteiger partial charge in [-0.25, -0.2) is 4.79 Å². The van der Waals surface area contributed by atoms with Crippen LogP contribution >= 0.6 is 0 Å². The van der Waals surface area contributed by atoms with Crippen LogP contribution in [-0.4, -0.2) is 5.97 Å². The van der Waals surface area contributed by atoms with Gasteiger partial charge in [-0.2, -0.15) is 5.90 Å². The van der Waals surface area contributed by atoms with E-state index in [9.17, 15) is 4.79 Å². The van der Waals surface area contributed by atoms with Crippen molar-refractivity contribution in [1.29, 1.82) is 0 Å². The van der Waals surface area contributed by atoms with Crippen LogP contribution in [0.4, 0.5) is 0 Å². The molecule has 0 spiro atoms. The van der Waals surface area contributed by atoms with Crippen LogP contribution in [-0.2, 0) is 9.63 Å². The number of hydrogen-bond acceptors (Lipinski definition) is 3. The molecule has 0 heterocycles. The summed E-state index contributed by atoms with van der Waals surface area (Å²) in [4.78, 5) is 14.7. The quantitative estimate of drug-likeness (QED) is 0.353. The van der Waals surface area contributed by atoms with Crippen molar-refractivity contribution in [2.45, 2.75) is 13.8 Å². The fraction of sp³-hybridized carbons (Fsp3) is 0.286. The van der Waals surface area contributed by atoms with Crippen molar-refractivity contribution in [2.24, 2.45) is 5.90 Å². The second-order valence-electron chi connectivity index (χ2n) is 1.65. The Kier molecular flexibility index (Phi) is 4.24. The summed E-state index contributed by atoms with van der Waals surface area (Å²) >= 11 is 0. The summed E-state index contributed by atoms with van der Waals surface area (Å²) in [5.74, 6) is 4.14. The third-order valence-corrected chi connectivity index (χ3v) is 1.000. The van der Waals surface area contributed by atoms with E-state index in [1.807, 2.05) is 6.92 Å². The van der Waals surface area contributed by atoms with E-state index in [2.05, 4.69) is 10.7 Å². The van der Waals surface area contributed by atoms with Crippen LogP contribution in [0.3, 0.4) is 0 Å². The van der Waals surface area contributed by atoms with Gasteiger partial charge in [0.05, 0.1) is 5.57 Å². The molecule has 0 rings (SSSR count). The van der Waals surface area contributed by atoms with Crippen molar-refractivity contribution in [2.75, 3.05) is 0 Å². The zero-order valence-corrected chi connectivity index (χ0v) is 6.13. The average Bonchev–Trinajstić information content (AvgIpc) is 1.99. The van der Waals surface area contributed by atoms with Crippen molar-refractivity contribution in [3.8, 4) is 0 Å². The SMILES string of the molecule is C/C=C\C(=C/C)C(=O)ON. The minimum absolute atomic E-state index is 0.463. The van der Waals surface area contributed by atoms with E-state index in [0.717, 1.165) is 0 Å². The lowest BCUT2D eigenvalue weighted by atomic mass is 10.2. The number of allylic oxidation sites excluding steroid dienone is 2. The van der Waals surface area contributed by atoms with Crippen LogP contribution in [0.15, 0.2) is 23.8 Å². The summed E-state index contributed by atoms with van der Waals surface area (Å²) in [6.07, 6.45) is 5.01. The number of carbonyl (C=O) groups is 1. The van der Waals surface area contributed by atoms with Gasteiger partial charge in [-0.15, -0.1) is 0 Å². The van der Waals surface area contributed by atoms with Crippen LogP contribution in [0.2, 0.25) is 0 Å². The lowest BCUT2D eigenvalue weighted by Gasteiger charge is -1.95. The van der Waals surface area contributed by atoms with E-state index in [0.29, 0.717) is 5.57 Å². The molecule has 3 heteroatoms. The van der Waals surface area contributed by atoms with E-state index in [4.69, 9.17) is 0 Å². The smallest absolute Gasteiger partial charge is 0.356 e. The van der Waals surface area contributed by atoms with Crippen molar-refractivity contribution >= 4 is 5.97 Å². The largest absolute Gasteiger partial charge is 0.370 e. The van der Waals surface area contributed by atoms with E-state index < -0.39 is 5.97 Å². The monoisotopic (exact) mass is 141 g/mol. The van der Waals surface area contributed by atoms with Crippen LogP contribution < -0.4 is 5.90 Å².